The second-order valence-electron chi connectivity index (χ2n) is 9.46. The van der Waals surface area contributed by atoms with Crippen molar-refractivity contribution in [2.45, 2.75) is 89.6 Å². The summed E-state index contributed by atoms with van der Waals surface area (Å²) in [5.41, 5.74) is 0. The zero-order valence-corrected chi connectivity index (χ0v) is 19.1. The van der Waals surface area contributed by atoms with Crippen molar-refractivity contribution in [2.24, 2.45) is 0 Å². The minimum Gasteiger partial charge on any atom is -0.409 e. The molecule has 0 radical (unpaired) electrons. The van der Waals surface area contributed by atoms with Crippen LogP contribution in [0.15, 0.2) is 0 Å². The third kappa shape index (κ3) is 5.74. The van der Waals surface area contributed by atoms with E-state index in [1.165, 1.54) is 0 Å². The first-order chi connectivity index (χ1) is 10.3. The first-order valence-corrected chi connectivity index (χ1v) is 18.8. The molecule has 2 heterocycles. The SMILES string of the molecule is C[Si](C)(C)O[C@H]1[C@H](O[Si](C)(C)C)[C@@H](O[Si](C)(C)C)C2OC[C@H]1O2. The van der Waals surface area contributed by atoms with Gasteiger partial charge in [-0.05, 0) is 58.9 Å². The van der Waals surface area contributed by atoms with Gasteiger partial charge in [0.1, 0.15) is 24.4 Å². The Morgan fingerprint density at radius 2 is 1.09 bits per heavy atom. The van der Waals surface area contributed by atoms with Gasteiger partial charge in [0.15, 0.2) is 31.2 Å². The second-order valence-corrected chi connectivity index (χ2v) is 22.8. The summed E-state index contributed by atoms with van der Waals surface area (Å²) in [5.74, 6) is 0. The average Bonchev–Trinajstić information content (AvgIpc) is 2.71. The summed E-state index contributed by atoms with van der Waals surface area (Å²) >= 11 is 0. The first-order valence-electron chi connectivity index (χ1n) is 8.56. The summed E-state index contributed by atoms with van der Waals surface area (Å²) in [4.78, 5) is 0. The van der Waals surface area contributed by atoms with Crippen LogP contribution < -0.4 is 0 Å². The predicted molar refractivity (Wildman–Crippen MR) is 99.3 cm³/mol. The number of ether oxygens (including phenoxy) is 2. The molecule has 0 N–H and O–H groups in total. The Morgan fingerprint density at radius 3 is 1.57 bits per heavy atom. The standard InChI is InChI=1S/C15H34O5Si3/c1-21(2,3)18-12-11-10-16-15(17-11)14(20-23(7,8)9)13(12)19-22(4,5)6/h11-15H,10H2,1-9H3/t11-,12-,13+,14-,15?/m1/s1. The van der Waals surface area contributed by atoms with E-state index in [9.17, 15) is 0 Å². The summed E-state index contributed by atoms with van der Waals surface area (Å²) in [6.45, 7) is 20.4. The highest BCUT2D eigenvalue weighted by molar-refractivity contribution is 6.70. The molecule has 2 saturated heterocycles. The van der Waals surface area contributed by atoms with Crippen LogP contribution >= 0.6 is 0 Å². The van der Waals surface area contributed by atoms with E-state index in [0.717, 1.165) is 0 Å². The van der Waals surface area contributed by atoms with Gasteiger partial charge in [-0.25, -0.2) is 0 Å². The highest BCUT2D eigenvalue weighted by Gasteiger charge is 2.55. The first kappa shape index (κ1) is 19.8. The van der Waals surface area contributed by atoms with Crippen molar-refractivity contribution in [2.75, 3.05) is 6.61 Å². The van der Waals surface area contributed by atoms with Crippen LogP contribution in [0.2, 0.25) is 58.9 Å². The van der Waals surface area contributed by atoms with Gasteiger partial charge in [-0.2, -0.15) is 0 Å². The molecule has 2 fully saturated rings. The molecule has 2 aliphatic rings. The Morgan fingerprint density at radius 1 is 0.652 bits per heavy atom. The molecule has 0 aromatic heterocycles. The van der Waals surface area contributed by atoms with Crippen LogP contribution in [0.3, 0.4) is 0 Å². The van der Waals surface area contributed by atoms with Crippen molar-refractivity contribution in [1.82, 2.24) is 0 Å². The van der Waals surface area contributed by atoms with E-state index in [-0.39, 0.29) is 30.7 Å². The molecule has 2 bridgehead atoms. The van der Waals surface area contributed by atoms with E-state index < -0.39 is 25.0 Å². The molecule has 0 spiro atoms. The lowest BCUT2D eigenvalue weighted by molar-refractivity contribution is -0.214. The van der Waals surface area contributed by atoms with E-state index in [1.807, 2.05) is 0 Å². The average molecular weight is 379 g/mol. The molecule has 0 saturated carbocycles. The fourth-order valence-corrected chi connectivity index (χ4v) is 6.21. The minimum atomic E-state index is -1.76. The largest absolute Gasteiger partial charge is 0.409 e. The molecule has 5 atom stereocenters. The summed E-state index contributed by atoms with van der Waals surface area (Å²) in [6, 6.07) is 0. The van der Waals surface area contributed by atoms with Gasteiger partial charge in [-0.1, -0.05) is 0 Å². The predicted octanol–water partition coefficient (Wildman–Crippen LogP) is 3.40. The summed E-state index contributed by atoms with van der Waals surface area (Å²) in [7, 11) is -5.24. The summed E-state index contributed by atoms with van der Waals surface area (Å²) in [6.07, 6.45) is -0.780. The van der Waals surface area contributed by atoms with Gasteiger partial charge < -0.3 is 22.8 Å². The van der Waals surface area contributed by atoms with Crippen molar-refractivity contribution >= 4 is 25.0 Å². The monoisotopic (exact) mass is 378 g/mol. The molecule has 1 unspecified atom stereocenters. The van der Waals surface area contributed by atoms with Crippen molar-refractivity contribution in [3.05, 3.63) is 0 Å². The van der Waals surface area contributed by atoms with Gasteiger partial charge >= 0.3 is 0 Å². The lowest BCUT2D eigenvalue weighted by Crippen LogP contribution is -2.62. The van der Waals surface area contributed by atoms with E-state index >= 15 is 0 Å². The molecule has 8 heteroatoms. The molecular weight excluding hydrogens is 344 g/mol. The van der Waals surface area contributed by atoms with Crippen LogP contribution in [0, 0.1) is 0 Å². The van der Waals surface area contributed by atoms with Crippen LogP contribution in [0.25, 0.3) is 0 Å². The fraction of sp³-hybridized carbons (Fsp3) is 1.00. The van der Waals surface area contributed by atoms with Crippen molar-refractivity contribution in [1.29, 1.82) is 0 Å². The van der Waals surface area contributed by atoms with Crippen LogP contribution in [0.4, 0.5) is 0 Å². The van der Waals surface area contributed by atoms with E-state index in [0.29, 0.717) is 6.61 Å². The van der Waals surface area contributed by atoms with Gasteiger partial charge in [-0.3, -0.25) is 0 Å². The lowest BCUT2D eigenvalue weighted by atomic mass is 10.0. The molecule has 2 rings (SSSR count). The van der Waals surface area contributed by atoms with E-state index in [1.54, 1.807) is 0 Å². The van der Waals surface area contributed by atoms with E-state index in [2.05, 4.69) is 58.9 Å². The number of hydrogen-bond acceptors (Lipinski definition) is 5. The van der Waals surface area contributed by atoms with E-state index in [4.69, 9.17) is 22.8 Å². The highest BCUT2D eigenvalue weighted by atomic mass is 28.4. The van der Waals surface area contributed by atoms with Crippen molar-refractivity contribution in [3.8, 4) is 0 Å². The fourth-order valence-electron chi connectivity index (χ4n) is 2.96. The van der Waals surface area contributed by atoms with Crippen LogP contribution in [-0.2, 0) is 22.8 Å². The van der Waals surface area contributed by atoms with Crippen LogP contribution in [0.5, 0.6) is 0 Å². The van der Waals surface area contributed by atoms with Gasteiger partial charge in [0.25, 0.3) is 0 Å². The Balaban J connectivity index is 2.30. The maximum atomic E-state index is 6.55. The summed E-state index contributed by atoms with van der Waals surface area (Å²) < 4.78 is 31.4. The normalized spacial score (nSPS) is 35.6. The highest BCUT2D eigenvalue weighted by Crippen LogP contribution is 2.37. The molecule has 0 aromatic carbocycles. The van der Waals surface area contributed by atoms with Gasteiger partial charge in [0.05, 0.1) is 6.61 Å². The number of rotatable bonds is 6. The molecule has 0 aliphatic carbocycles. The molecule has 0 amide bonds. The number of hydrogen-bond donors (Lipinski definition) is 0. The maximum Gasteiger partial charge on any atom is 0.185 e. The lowest BCUT2D eigenvalue weighted by Gasteiger charge is -2.46. The van der Waals surface area contributed by atoms with Crippen LogP contribution in [0.1, 0.15) is 0 Å². The maximum absolute atomic E-state index is 6.55. The van der Waals surface area contributed by atoms with Crippen molar-refractivity contribution in [3.63, 3.8) is 0 Å². The van der Waals surface area contributed by atoms with Crippen LogP contribution in [-0.4, -0.2) is 62.3 Å². The Labute approximate surface area is 144 Å². The Bertz CT molecular complexity index is 383. The molecule has 0 aromatic rings. The van der Waals surface area contributed by atoms with Gasteiger partial charge in [0, 0.05) is 0 Å². The topological polar surface area (TPSA) is 46.2 Å². The molecule has 136 valence electrons. The van der Waals surface area contributed by atoms with Crippen molar-refractivity contribution < 1.29 is 22.8 Å². The smallest absolute Gasteiger partial charge is 0.185 e. The third-order valence-corrected chi connectivity index (χ3v) is 6.42. The minimum absolute atomic E-state index is 0.0467. The van der Waals surface area contributed by atoms with Gasteiger partial charge in [-0.15, -0.1) is 0 Å². The molecule has 23 heavy (non-hydrogen) atoms. The van der Waals surface area contributed by atoms with Gasteiger partial charge in [0.2, 0.25) is 0 Å². The Kier molecular flexibility index (Phi) is 5.71. The second kappa shape index (κ2) is 6.64. The molecule has 5 nitrogen and oxygen atoms in total. The summed E-state index contributed by atoms with van der Waals surface area (Å²) in [5, 5.41) is 0. The quantitative estimate of drug-likeness (QED) is 0.663. The molecular formula is C15H34O5Si3. The third-order valence-electron chi connectivity index (χ3n) is 3.48. The zero-order chi connectivity index (χ0) is 17.6. The Hall–Kier alpha value is 0.451. The zero-order valence-electron chi connectivity index (χ0n) is 16.1. The number of fused-ring (bicyclic) bond motifs is 2. The molecule has 2 aliphatic heterocycles.